The van der Waals surface area contributed by atoms with Gasteiger partial charge in [0, 0.05) is 11.4 Å². The lowest BCUT2D eigenvalue weighted by molar-refractivity contribution is 0.306. The lowest BCUT2D eigenvalue weighted by Gasteiger charge is -2.07. The van der Waals surface area contributed by atoms with Crippen LogP contribution in [0.4, 0.5) is 0 Å². The number of aryl methyl sites for hydroxylation is 1. The lowest BCUT2D eigenvalue weighted by atomic mass is 10.2. The van der Waals surface area contributed by atoms with Gasteiger partial charge in [0.15, 0.2) is 5.82 Å². The summed E-state index contributed by atoms with van der Waals surface area (Å²) in [5.41, 5.74) is 1.93. The van der Waals surface area contributed by atoms with Crippen LogP contribution in [-0.2, 0) is 13.0 Å². The van der Waals surface area contributed by atoms with Gasteiger partial charge in [0.2, 0.25) is 4.77 Å². The third-order valence-corrected chi connectivity index (χ3v) is 4.17. The van der Waals surface area contributed by atoms with Gasteiger partial charge in [-0.1, -0.05) is 42.8 Å². The Labute approximate surface area is 162 Å². The summed E-state index contributed by atoms with van der Waals surface area (Å²) in [5, 5.41) is 12.1. The van der Waals surface area contributed by atoms with E-state index in [1.54, 1.807) is 10.9 Å². The molecule has 1 aromatic heterocycles. The van der Waals surface area contributed by atoms with Crippen molar-refractivity contribution in [2.45, 2.75) is 26.4 Å². The Kier molecular flexibility index (Phi) is 6.20. The molecule has 0 fully saturated rings. The molecule has 0 atom stereocenters. The smallest absolute Gasteiger partial charge is 0.216 e. The lowest BCUT2D eigenvalue weighted by Crippen LogP contribution is -1.99. The summed E-state index contributed by atoms with van der Waals surface area (Å²) < 4.78 is 7.98. The summed E-state index contributed by atoms with van der Waals surface area (Å²) in [7, 11) is 0. The van der Waals surface area contributed by atoms with Crippen LogP contribution in [0.1, 0.15) is 30.3 Å². The molecule has 5 nitrogen and oxygen atoms in total. The molecule has 2 aromatic carbocycles. The predicted molar refractivity (Wildman–Crippen MR) is 107 cm³/mol. The number of nitrogens with zero attached hydrogens (tertiary/aromatic N) is 3. The van der Waals surface area contributed by atoms with Gasteiger partial charge in [-0.3, -0.25) is 5.10 Å². The molecule has 0 aliphatic carbocycles. The Morgan fingerprint density at radius 2 is 2.12 bits per heavy atom. The molecular formula is C19H19ClN4OS. The van der Waals surface area contributed by atoms with Crippen molar-refractivity contribution >= 4 is 30.0 Å². The van der Waals surface area contributed by atoms with Crippen LogP contribution < -0.4 is 4.74 Å². The van der Waals surface area contributed by atoms with Gasteiger partial charge in [-0.15, -0.1) is 0 Å². The number of aromatic nitrogens is 3. The number of ether oxygens (including phenoxy) is 1. The highest BCUT2D eigenvalue weighted by atomic mass is 35.5. The number of H-pyrrole nitrogens is 1. The first kappa shape index (κ1) is 18.4. The molecule has 26 heavy (non-hydrogen) atoms. The van der Waals surface area contributed by atoms with Crippen molar-refractivity contribution in [3.63, 3.8) is 0 Å². The van der Waals surface area contributed by atoms with Gasteiger partial charge in [0.1, 0.15) is 12.4 Å². The number of hydrogen-bond acceptors (Lipinski definition) is 4. The van der Waals surface area contributed by atoms with E-state index in [0.717, 1.165) is 35.5 Å². The normalized spacial score (nSPS) is 11.2. The van der Waals surface area contributed by atoms with Crippen LogP contribution in [-0.4, -0.2) is 21.1 Å². The summed E-state index contributed by atoms with van der Waals surface area (Å²) >= 11 is 11.2. The Morgan fingerprint density at radius 3 is 2.92 bits per heavy atom. The minimum atomic E-state index is 0.453. The van der Waals surface area contributed by atoms with Crippen LogP contribution in [0, 0.1) is 4.77 Å². The van der Waals surface area contributed by atoms with Gasteiger partial charge >= 0.3 is 0 Å². The third-order valence-electron chi connectivity index (χ3n) is 3.67. The molecule has 0 bridgehead atoms. The topological polar surface area (TPSA) is 55.2 Å². The zero-order valence-corrected chi connectivity index (χ0v) is 15.9. The second-order valence-electron chi connectivity index (χ2n) is 5.74. The molecule has 0 saturated heterocycles. The van der Waals surface area contributed by atoms with Gasteiger partial charge in [-0.25, -0.2) is 0 Å². The average molecular weight is 387 g/mol. The quantitative estimate of drug-likeness (QED) is 0.458. The highest BCUT2D eigenvalue weighted by Crippen LogP contribution is 2.16. The standard InChI is InChI=1S/C19H19ClN4OS/c1-2-5-18-22-23-19(26)24(18)21-12-14-6-4-9-17(11-14)25-13-15-7-3-8-16(20)10-15/h3-4,6-12H,2,5,13H2,1H3,(H,23,26)/b21-12+. The minimum Gasteiger partial charge on any atom is -0.489 e. The van der Waals surface area contributed by atoms with E-state index in [0.29, 0.717) is 16.4 Å². The number of rotatable bonds is 7. The highest BCUT2D eigenvalue weighted by Gasteiger charge is 2.03. The van der Waals surface area contributed by atoms with Crippen LogP contribution in [0.2, 0.25) is 5.02 Å². The fourth-order valence-corrected chi connectivity index (χ4v) is 2.84. The first-order chi connectivity index (χ1) is 12.7. The zero-order valence-electron chi connectivity index (χ0n) is 14.4. The average Bonchev–Trinajstić information content (AvgIpc) is 2.99. The van der Waals surface area contributed by atoms with E-state index in [4.69, 9.17) is 28.6 Å². The van der Waals surface area contributed by atoms with Crippen LogP contribution in [0.5, 0.6) is 5.75 Å². The van der Waals surface area contributed by atoms with E-state index >= 15 is 0 Å². The number of hydrogen-bond donors (Lipinski definition) is 1. The van der Waals surface area contributed by atoms with E-state index < -0.39 is 0 Å². The summed E-state index contributed by atoms with van der Waals surface area (Å²) in [6.07, 6.45) is 3.53. The van der Waals surface area contributed by atoms with E-state index in [2.05, 4.69) is 22.2 Å². The highest BCUT2D eigenvalue weighted by molar-refractivity contribution is 7.71. The van der Waals surface area contributed by atoms with Gasteiger partial charge in [0.25, 0.3) is 0 Å². The predicted octanol–water partition coefficient (Wildman–Crippen LogP) is 5.01. The fourth-order valence-electron chi connectivity index (χ4n) is 2.43. The van der Waals surface area contributed by atoms with E-state index in [9.17, 15) is 0 Å². The Bertz CT molecular complexity index is 964. The van der Waals surface area contributed by atoms with Crippen molar-refractivity contribution in [3.8, 4) is 5.75 Å². The fraction of sp³-hybridized carbons (Fsp3) is 0.211. The van der Waals surface area contributed by atoms with E-state index in [1.165, 1.54) is 0 Å². The molecule has 3 rings (SSSR count). The van der Waals surface area contributed by atoms with E-state index in [-0.39, 0.29) is 0 Å². The molecule has 0 unspecified atom stereocenters. The first-order valence-corrected chi connectivity index (χ1v) is 9.12. The second kappa shape index (κ2) is 8.78. The zero-order chi connectivity index (χ0) is 18.4. The molecule has 0 aliphatic heterocycles. The Balaban J connectivity index is 1.71. The summed E-state index contributed by atoms with van der Waals surface area (Å²) in [6, 6.07) is 15.3. The Morgan fingerprint density at radius 1 is 1.27 bits per heavy atom. The van der Waals surface area contributed by atoms with Crippen molar-refractivity contribution in [1.82, 2.24) is 14.9 Å². The molecule has 1 N–H and O–H groups in total. The molecule has 7 heteroatoms. The van der Waals surface area contributed by atoms with Gasteiger partial charge in [0.05, 0.1) is 6.21 Å². The van der Waals surface area contributed by atoms with Crippen molar-refractivity contribution in [2.24, 2.45) is 5.10 Å². The maximum Gasteiger partial charge on any atom is 0.216 e. The van der Waals surface area contributed by atoms with Crippen LogP contribution in [0.25, 0.3) is 0 Å². The molecule has 134 valence electrons. The summed E-state index contributed by atoms with van der Waals surface area (Å²) in [4.78, 5) is 0. The number of benzene rings is 2. The molecular weight excluding hydrogens is 368 g/mol. The number of nitrogens with one attached hydrogen (secondary N) is 1. The van der Waals surface area contributed by atoms with Crippen molar-refractivity contribution in [1.29, 1.82) is 0 Å². The molecule has 0 amide bonds. The van der Waals surface area contributed by atoms with Crippen LogP contribution in [0.3, 0.4) is 0 Å². The minimum absolute atomic E-state index is 0.453. The summed E-state index contributed by atoms with van der Waals surface area (Å²) in [6.45, 7) is 2.54. The molecule has 1 heterocycles. The largest absolute Gasteiger partial charge is 0.489 e. The second-order valence-corrected chi connectivity index (χ2v) is 6.57. The van der Waals surface area contributed by atoms with Crippen molar-refractivity contribution in [2.75, 3.05) is 0 Å². The first-order valence-electron chi connectivity index (χ1n) is 8.33. The number of halogens is 1. The van der Waals surface area contributed by atoms with Crippen molar-refractivity contribution < 1.29 is 4.74 Å². The molecule has 3 aromatic rings. The van der Waals surface area contributed by atoms with Crippen molar-refractivity contribution in [3.05, 3.63) is 75.3 Å². The SMILES string of the molecule is CCCc1n[nH]c(=S)n1/N=C/c1cccc(OCc2cccc(Cl)c2)c1. The maximum absolute atomic E-state index is 6.00. The monoisotopic (exact) mass is 386 g/mol. The molecule has 0 saturated carbocycles. The molecule has 0 aliphatic rings. The number of aromatic amines is 1. The molecule has 0 spiro atoms. The van der Waals surface area contributed by atoms with Crippen LogP contribution >= 0.6 is 23.8 Å². The summed E-state index contributed by atoms with van der Waals surface area (Å²) in [5.74, 6) is 1.58. The Hall–Kier alpha value is -2.44. The van der Waals surface area contributed by atoms with E-state index in [1.807, 2.05) is 48.5 Å². The van der Waals surface area contributed by atoms with Gasteiger partial charge in [-0.05, 0) is 54.0 Å². The van der Waals surface area contributed by atoms with Gasteiger partial charge < -0.3 is 4.74 Å². The third kappa shape index (κ3) is 4.80. The van der Waals surface area contributed by atoms with Gasteiger partial charge in [-0.2, -0.15) is 14.9 Å². The molecule has 0 radical (unpaired) electrons. The van der Waals surface area contributed by atoms with Crippen LogP contribution in [0.15, 0.2) is 53.6 Å². The maximum atomic E-state index is 6.00.